The van der Waals surface area contributed by atoms with Crippen molar-refractivity contribution in [2.45, 2.75) is 58.1 Å². The van der Waals surface area contributed by atoms with E-state index in [-0.39, 0.29) is 6.42 Å². The number of ether oxygens (including phenoxy) is 3. The molecule has 3 heterocycles. The predicted molar refractivity (Wildman–Crippen MR) is 130 cm³/mol. The van der Waals surface area contributed by atoms with Crippen molar-refractivity contribution in [3.63, 3.8) is 0 Å². The van der Waals surface area contributed by atoms with Crippen molar-refractivity contribution in [2.75, 3.05) is 25.2 Å². The first-order valence-electron chi connectivity index (χ1n) is 11.3. The zero-order valence-electron chi connectivity index (χ0n) is 20.3. The fraction of sp³-hybridized carbons (Fsp3) is 0.500. The summed E-state index contributed by atoms with van der Waals surface area (Å²) in [7, 11) is 1.26. The Bertz CT molecular complexity index is 1060. The van der Waals surface area contributed by atoms with Gasteiger partial charge in [0.05, 0.1) is 13.7 Å². The Kier molecular flexibility index (Phi) is 8.55. The van der Waals surface area contributed by atoms with E-state index in [1.807, 2.05) is 18.2 Å². The van der Waals surface area contributed by atoms with Gasteiger partial charge in [-0.2, -0.15) is 0 Å². The maximum atomic E-state index is 12.2. The van der Waals surface area contributed by atoms with Crippen molar-refractivity contribution >= 4 is 35.3 Å². The summed E-state index contributed by atoms with van der Waals surface area (Å²) >= 11 is 1.36. The number of thiophene rings is 1. The summed E-state index contributed by atoms with van der Waals surface area (Å²) < 4.78 is 15.9. The molecule has 1 aliphatic heterocycles. The second-order valence-corrected chi connectivity index (χ2v) is 10.2. The quantitative estimate of drug-likeness (QED) is 0.519. The van der Waals surface area contributed by atoms with Crippen LogP contribution in [0, 0.1) is 0 Å². The van der Waals surface area contributed by atoms with Crippen LogP contribution in [0.2, 0.25) is 0 Å². The van der Waals surface area contributed by atoms with Crippen LogP contribution in [0.15, 0.2) is 24.3 Å². The number of pyridine rings is 1. The molecule has 3 rings (SSSR count). The van der Waals surface area contributed by atoms with Gasteiger partial charge in [-0.3, -0.25) is 4.90 Å². The minimum atomic E-state index is -0.996. The number of methoxy groups -OCH3 is 1. The molecule has 0 spiro atoms. The molecule has 190 valence electrons. The van der Waals surface area contributed by atoms with Crippen LogP contribution in [0.4, 0.5) is 15.4 Å². The second-order valence-electron chi connectivity index (χ2n) is 9.07. The molecule has 1 aliphatic rings. The molecule has 0 saturated carbocycles. The smallest absolute Gasteiger partial charge is 0.413 e. The van der Waals surface area contributed by atoms with E-state index >= 15 is 0 Å². The number of carbonyl (C=O) groups excluding carboxylic acids is 2. The summed E-state index contributed by atoms with van der Waals surface area (Å²) in [4.78, 5) is 42.4. The Morgan fingerprint density at radius 2 is 2.00 bits per heavy atom. The SMILES string of the molecule is COC(=O)C(Cc1ccc(OCCc2ccc3c(n2)N(C(=O)O)CCC3)s1)NC(=O)OC(C)(C)C. The van der Waals surface area contributed by atoms with Gasteiger partial charge in [0.2, 0.25) is 0 Å². The van der Waals surface area contributed by atoms with Gasteiger partial charge in [0, 0.05) is 30.0 Å². The number of hydrogen-bond donors (Lipinski definition) is 2. The Morgan fingerprint density at radius 3 is 2.69 bits per heavy atom. The molecule has 2 aromatic rings. The summed E-state index contributed by atoms with van der Waals surface area (Å²) in [6.45, 7) is 6.03. The van der Waals surface area contributed by atoms with Gasteiger partial charge < -0.3 is 24.6 Å². The molecule has 0 radical (unpaired) electrons. The van der Waals surface area contributed by atoms with Crippen molar-refractivity contribution in [2.24, 2.45) is 0 Å². The Morgan fingerprint density at radius 1 is 1.23 bits per heavy atom. The van der Waals surface area contributed by atoms with Gasteiger partial charge in [-0.25, -0.2) is 19.4 Å². The third kappa shape index (κ3) is 7.57. The van der Waals surface area contributed by atoms with Gasteiger partial charge in [0.15, 0.2) is 5.06 Å². The van der Waals surface area contributed by atoms with Crippen LogP contribution in [0.25, 0.3) is 0 Å². The summed E-state index contributed by atoms with van der Waals surface area (Å²) in [6.07, 6.45) is 0.658. The van der Waals surface area contributed by atoms with Crippen molar-refractivity contribution in [3.05, 3.63) is 40.4 Å². The van der Waals surface area contributed by atoms with Crippen molar-refractivity contribution in [1.82, 2.24) is 10.3 Å². The number of aromatic nitrogens is 1. The van der Waals surface area contributed by atoms with E-state index in [1.54, 1.807) is 26.8 Å². The zero-order chi connectivity index (χ0) is 25.6. The number of fused-ring (bicyclic) bond motifs is 1. The maximum absolute atomic E-state index is 12.2. The van der Waals surface area contributed by atoms with Gasteiger partial charge in [-0.15, -0.1) is 11.3 Å². The molecule has 10 nitrogen and oxygen atoms in total. The molecule has 0 fully saturated rings. The fourth-order valence-electron chi connectivity index (χ4n) is 3.59. The molecular formula is C24H31N3O7S. The Balaban J connectivity index is 1.56. The van der Waals surface area contributed by atoms with E-state index in [0.717, 1.165) is 29.0 Å². The standard InChI is InChI=1S/C24H31N3O7S/c1-24(2,3)34-22(29)26-18(21(28)32-4)14-17-9-10-19(35-17)33-13-11-16-8-7-15-6-5-12-27(23(30)31)20(15)25-16/h7-10,18H,5-6,11-14H2,1-4H3,(H,26,29)(H,30,31). The number of rotatable bonds is 8. The summed E-state index contributed by atoms with van der Waals surface area (Å²) in [5.41, 5.74) is 1.00. The van der Waals surface area contributed by atoms with Crippen molar-refractivity contribution in [1.29, 1.82) is 0 Å². The number of nitrogens with zero attached hydrogens (tertiary/aromatic N) is 2. The van der Waals surface area contributed by atoms with E-state index < -0.39 is 29.8 Å². The molecule has 35 heavy (non-hydrogen) atoms. The number of anilines is 1. The van der Waals surface area contributed by atoms with E-state index in [0.29, 0.717) is 30.5 Å². The van der Waals surface area contributed by atoms with Crippen LogP contribution in [-0.2, 0) is 33.5 Å². The molecule has 2 aromatic heterocycles. The van der Waals surface area contributed by atoms with Crippen LogP contribution < -0.4 is 15.0 Å². The normalized spacial score (nSPS) is 14.0. The lowest BCUT2D eigenvalue weighted by atomic mass is 10.1. The lowest BCUT2D eigenvalue weighted by molar-refractivity contribution is -0.143. The van der Waals surface area contributed by atoms with Crippen LogP contribution >= 0.6 is 11.3 Å². The molecule has 11 heteroatoms. The molecule has 2 amide bonds. The van der Waals surface area contributed by atoms with E-state index in [1.165, 1.54) is 23.3 Å². The fourth-order valence-corrected chi connectivity index (χ4v) is 4.52. The van der Waals surface area contributed by atoms with Crippen molar-refractivity contribution in [3.8, 4) is 5.06 Å². The van der Waals surface area contributed by atoms with Crippen LogP contribution in [-0.4, -0.2) is 60.2 Å². The molecule has 1 atom stereocenters. The lowest BCUT2D eigenvalue weighted by Gasteiger charge is -2.26. The minimum absolute atomic E-state index is 0.233. The number of hydrogen-bond acceptors (Lipinski definition) is 8. The number of alkyl carbamates (subject to hydrolysis) is 1. The summed E-state index contributed by atoms with van der Waals surface area (Å²) in [6, 6.07) is 6.57. The van der Waals surface area contributed by atoms with Crippen LogP contribution in [0.3, 0.4) is 0 Å². The average Bonchev–Trinajstić information content (AvgIpc) is 3.23. The third-order valence-corrected chi connectivity index (χ3v) is 6.17. The van der Waals surface area contributed by atoms with Gasteiger partial charge in [-0.05, 0) is 57.4 Å². The number of carbonyl (C=O) groups is 3. The third-order valence-electron chi connectivity index (χ3n) is 5.15. The number of carboxylic acid groups (broad SMARTS) is 1. The van der Waals surface area contributed by atoms with Crippen LogP contribution in [0.1, 0.15) is 43.3 Å². The highest BCUT2D eigenvalue weighted by molar-refractivity contribution is 7.13. The number of aryl methyl sites for hydroxylation is 1. The van der Waals surface area contributed by atoms with Crippen LogP contribution in [0.5, 0.6) is 5.06 Å². The lowest BCUT2D eigenvalue weighted by Crippen LogP contribution is -2.45. The number of esters is 1. The first-order valence-corrected chi connectivity index (χ1v) is 12.2. The molecule has 1 unspecified atom stereocenters. The van der Waals surface area contributed by atoms with Gasteiger partial charge >= 0.3 is 18.2 Å². The Labute approximate surface area is 208 Å². The molecule has 0 aromatic carbocycles. The first kappa shape index (κ1) is 26.3. The number of nitrogens with one attached hydrogen (secondary N) is 1. The predicted octanol–water partition coefficient (Wildman–Crippen LogP) is 3.80. The molecule has 0 aliphatic carbocycles. The molecular weight excluding hydrogens is 474 g/mol. The van der Waals surface area contributed by atoms with E-state index in [9.17, 15) is 19.5 Å². The van der Waals surface area contributed by atoms with Gasteiger partial charge in [-0.1, -0.05) is 6.07 Å². The van der Waals surface area contributed by atoms with Gasteiger partial charge in [0.1, 0.15) is 17.5 Å². The van der Waals surface area contributed by atoms with E-state index in [2.05, 4.69) is 10.3 Å². The molecule has 0 bridgehead atoms. The Hall–Kier alpha value is -3.34. The highest BCUT2D eigenvalue weighted by Crippen LogP contribution is 2.27. The molecule has 0 saturated heterocycles. The molecule has 2 N–H and O–H groups in total. The largest absolute Gasteiger partial charge is 0.484 e. The average molecular weight is 506 g/mol. The minimum Gasteiger partial charge on any atom is -0.484 e. The second kappa shape index (κ2) is 11.4. The topological polar surface area (TPSA) is 127 Å². The number of amides is 2. The zero-order valence-corrected chi connectivity index (χ0v) is 21.1. The highest BCUT2D eigenvalue weighted by atomic mass is 32.1. The first-order chi connectivity index (χ1) is 16.6. The monoisotopic (exact) mass is 505 g/mol. The van der Waals surface area contributed by atoms with Gasteiger partial charge in [0.25, 0.3) is 0 Å². The van der Waals surface area contributed by atoms with Crippen molar-refractivity contribution < 1.29 is 33.7 Å². The van der Waals surface area contributed by atoms with E-state index in [4.69, 9.17) is 14.2 Å². The highest BCUT2D eigenvalue weighted by Gasteiger charge is 2.26. The maximum Gasteiger partial charge on any atom is 0.413 e. The summed E-state index contributed by atoms with van der Waals surface area (Å²) in [5, 5.41) is 12.6. The summed E-state index contributed by atoms with van der Waals surface area (Å²) in [5.74, 6) is -0.0633.